The molecule has 0 aromatic rings. The van der Waals surface area contributed by atoms with Gasteiger partial charge in [-0.05, 0) is 43.4 Å². The highest BCUT2D eigenvalue weighted by atomic mass is 31.2. The zero-order valence-electron chi connectivity index (χ0n) is 70.6. The molecule has 0 aliphatic heterocycles. The second-order valence-corrected chi connectivity index (χ2v) is 35.5. The third kappa shape index (κ3) is 79.1. The summed E-state index contributed by atoms with van der Waals surface area (Å²) in [5, 5.41) is 10.7. The average Bonchev–Trinajstić information content (AvgIpc) is 0.900. The molecule has 19 heteroatoms. The minimum absolute atomic E-state index is 0.107. The van der Waals surface area contributed by atoms with Gasteiger partial charge in [0.25, 0.3) is 0 Å². The Morgan fingerprint density at radius 3 is 0.710 bits per heavy atom. The predicted octanol–water partition coefficient (Wildman–Crippen LogP) is 26.9. The van der Waals surface area contributed by atoms with Crippen LogP contribution in [0.5, 0.6) is 0 Å². The van der Waals surface area contributed by atoms with E-state index in [1.165, 1.54) is 276 Å². The number of ether oxygens (including phenoxy) is 4. The fourth-order valence-corrected chi connectivity index (χ4v) is 15.2. The maximum Gasteiger partial charge on any atom is 0.472 e. The first-order chi connectivity index (χ1) is 51.8. The zero-order valence-corrected chi connectivity index (χ0v) is 72.4. The fraction of sp³-hybridized carbons (Fsp3) is 0.955. The van der Waals surface area contributed by atoms with Crippen molar-refractivity contribution in [3.05, 3.63) is 0 Å². The SMILES string of the molecule is CCCCCCCCCCCCCCC(=O)OC[C@H](COP(=O)(O)OC[C@H](O)COP(=O)(O)OC[C@@H](COC(=O)CCCCCCCCCCCCCCCCC(C)CC)OC(=O)CCCCCCCCCCCCCCCCCCCCC(C)CC)OC(=O)CCCCCCCCCCCCCCC(C)C. The molecular weight excluding hydrogens is 1390 g/mol. The highest BCUT2D eigenvalue weighted by Crippen LogP contribution is 2.45. The number of phosphoric ester groups is 2. The maximum absolute atomic E-state index is 13.2. The maximum atomic E-state index is 13.2. The summed E-state index contributed by atoms with van der Waals surface area (Å²) in [6.07, 6.45) is 69.2. The van der Waals surface area contributed by atoms with Gasteiger partial charge in [-0.1, -0.05) is 414 Å². The van der Waals surface area contributed by atoms with Crippen LogP contribution in [-0.4, -0.2) is 96.7 Å². The Bertz CT molecular complexity index is 2060. The van der Waals surface area contributed by atoms with Crippen molar-refractivity contribution >= 4 is 39.5 Å². The molecular formula is C88H172O17P2. The number of rotatable bonds is 86. The van der Waals surface area contributed by atoms with Gasteiger partial charge in [-0.2, -0.15) is 0 Å². The third-order valence-electron chi connectivity index (χ3n) is 21.4. The van der Waals surface area contributed by atoms with Crippen LogP contribution >= 0.6 is 15.6 Å². The number of carbonyl (C=O) groups excluding carboxylic acids is 4. The summed E-state index contributed by atoms with van der Waals surface area (Å²) in [6, 6.07) is 0. The molecule has 0 saturated carbocycles. The van der Waals surface area contributed by atoms with E-state index in [0.717, 1.165) is 108 Å². The van der Waals surface area contributed by atoms with Crippen LogP contribution in [-0.2, 0) is 65.4 Å². The number of aliphatic hydroxyl groups excluding tert-OH is 1. The molecule has 3 N–H and O–H groups in total. The Balaban J connectivity index is 5.25. The van der Waals surface area contributed by atoms with E-state index in [0.29, 0.717) is 25.7 Å². The molecule has 0 bridgehead atoms. The largest absolute Gasteiger partial charge is 0.472 e. The van der Waals surface area contributed by atoms with E-state index in [4.69, 9.17) is 37.0 Å². The molecule has 0 aliphatic rings. The zero-order chi connectivity index (χ0) is 78.6. The number of hydrogen-bond acceptors (Lipinski definition) is 15. The van der Waals surface area contributed by atoms with Crippen LogP contribution in [0.15, 0.2) is 0 Å². The van der Waals surface area contributed by atoms with Crippen LogP contribution in [0.2, 0.25) is 0 Å². The predicted molar refractivity (Wildman–Crippen MR) is 441 cm³/mol. The number of unbranched alkanes of at least 4 members (excludes halogenated alkanes) is 52. The average molecular weight is 1560 g/mol. The lowest BCUT2D eigenvalue weighted by Gasteiger charge is -2.21. The van der Waals surface area contributed by atoms with Gasteiger partial charge in [-0.25, -0.2) is 9.13 Å². The van der Waals surface area contributed by atoms with Gasteiger partial charge in [0.05, 0.1) is 26.4 Å². The van der Waals surface area contributed by atoms with Gasteiger partial charge in [0.15, 0.2) is 12.2 Å². The Morgan fingerprint density at radius 2 is 0.477 bits per heavy atom. The summed E-state index contributed by atoms with van der Waals surface area (Å²) in [4.78, 5) is 73.3. The first-order valence-corrected chi connectivity index (χ1v) is 48.4. The molecule has 0 saturated heterocycles. The molecule has 7 atom stereocenters. The van der Waals surface area contributed by atoms with Gasteiger partial charge in [-0.15, -0.1) is 0 Å². The summed E-state index contributed by atoms with van der Waals surface area (Å²) >= 11 is 0. The molecule has 0 radical (unpaired) electrons. The summed E-state index contributed by atoms with van der Waals surface area (Å²) in [5.41, 5.74) is 0. The molecule has 4 unspecified atom stereocenters. The lowest BCUT2D eigenvalue weighted by molar-refractivity contribution is -0.161. The second kappa shape index (κ2) is 78.0. The van der Waals surface area contributed by atoms with Gasteiger partial charge in [0.2, 0.25) is 0 Å². The van der Waals surface area contributed by atoms with Crippen LogP contribution in [0, 0.1) is 17.8 Å². The molecule has 0 heterocycles. The van der Waals surface area contributed by atoms with Crippen molar-refractivity contribution in [3.63, 3.8) is 0 Å². The standard InChI is InChI=1S/C88H172O17P2/c1-8-11-12-13-14-15-16-34-41-48-55-62-69-85(90)98-75-83(105-88(93)72-65-58-51-44-37-30-29-31-38-45-52-59-66-79(4)5)77-102-106(94,95)100-73-82(89)74-101-107(96,97)103-78-84(76-99-86(91)70-63-56-49-42-35-27-24-23-26-33-40-47-54-61-68-81(7)10-3)104-87(92)71-64-57-50-43-36-28-22-20-18-17-19-21-25-32-39-46-53-60-67-80(6)9-2/h79-84,89H,8-78H2,1-7H3,(H,94,95)(H,96,97)/t80?,81?,82-,83+,84+/m0/s1. The van der Waals surface area contributed by atoms with E-state index in [2.05, 4.69) is 48.5 Å². The lowest BCUT2D eigenvalue weighted by atomic mass is 9.99. The lowest BCUT2D eigenvalue weighted by Crippen LogP contribution is -2.30. The molecule has 0 spiro atoms. The first-order valence-electron chi connectivity index (χ1n) is 45.4. The van der Waals surface area contributed by atoms with Crippen LogP contribution in [0.3, 0.4) is 0 Å². The highest BCUT2D eigenvalue weighted by molar-refractivity contribution is 7.47. The Labute approximate surface area is 658 Å². The molecule has 0 fully saturated rings. The van der Waals surface area contributed by atoms with Crippen molar-refractivity contribution < 1.29 is 80.2 Å². The van der Waals surface area contributed by atoms with Crippen LogP contribution in [0.4, 0.5) is 0 Å². The Kier molecular flexibility index (Phi) is 76.6. The van der Waals surface area contributed by atoms with Crippen molar-refractivity contribution in [2.24, 2.45) is 17.8 Å². The monoisotopic (exact) mass is 1560 g/mol. The minimum Gasteiger partial charge on any atom is -0.462 e. The van der Waals surface area contributed by atoms with Gasteiger partial charge in [-0.3, -0.25) is 37.3 Å². The minimum atomic E-state index is -4.97. The summed E-state index contributed by atoms with van der Waals surface area (Å²) < 4.78 is 69.0. The van der Waals surface area contributed by atoms with Gasteiger partial charge in [0, 0.05) is 25.7 Å². The smallest absolute Gasteiger partial charge is 0.462 e. The summed E-state index contributed by atoms with van der Waals surface area (Å²) in [5.74, 6) is 0.397. The molecule has 17 nitrogen and oxygen atoms in total. The number of hydrogen-bond donors (Lipinski definition) is 3. The summed E-state index contributed by atoms with van der Waals surface area (Å²) in [6.45, 7) is 12.1. The van der Waals surface area contributed by atoms with E-state index < -0.39 is 97.5 Å². The number of aliphatic hydroxyl groups is 1. The van der Waals surface area contributed by atoms with E-state index in [1.54, 1.807) is 0 Å². The van der Waals surface area contributed by atoms with Crippen molar-refractivity contribution in [2.45, 2.75) is 484 Å². The van der Waals surface area contributed by atoms with E-state index >= 15 is 0 Å². The van der Waals surface area contributed by atoms with Crippen LogP contribution in [0.25, 0.3) is 0 Å². The number of carbonyl (C=O) groups is 4. The highest BCUT2D eigenvalue weighted by Gasteiger charge is 2.31. The second-order valence-electron chi connectivity index (χ2n) is 32.6. The fourth-order valence-electron chi connectivity index (χ4n) is 13.7. The van der Waals surface area contributed by atoms with Gasteiger partial charge >= 0.3 is 39.5 Å². The Morgan fingerprint density at radius 1 is 0.271 bits per heavy atom. The number of phosphoric acid groups is 2. The van der Waals surface area contributed by atoms with Gasteiger partial charge < -0.3 is 33.8 Å². The molecule has 636 valence electrons. The molecule has 0 aliphatic carbocycles. The normalized spacial score (nSPS) is 14.3. The van der Waals surface area contributed by atoms with Crippen molar-refractivity contribution in [3.8, 4) is 0 Å². The molecule has 0 amide bonds. The van der Waals surface area contributed by atoms with Crippen LogP contribution in [0.1, 0.15) is 466 Å². The third-order valence-corrected chi connectivity index (χ3v) is 23.3. The van der Waals surface area contributed by atoms with E-state index in [9.17, 15) is 43.2 Å². The molecule has 107 heavy (non-hydrogen) atoms. The quantitative estimate of drug-likeness (QED) is 0.0222. The first kappa shape index (κ1) is 105. The van der Waals surface area contributed by atoms with E-state index in [-0.39, 0.29) is 25.7 Å². The van der Waals surface area contributed by atoms with Crippen LogP contribution < -0.4 is 0 Å². The molecule has 0 rings (SSSR count). The van der Waals surface area contributed by atoms with Gasteiger partial charge in [0.1, 0.15) is 19.3 Å². The molecule has 0 aromatic heterocycles. The summed E-state index contributed by atoms with van der Waals surface area (Å²) in [7, 11) is -9.93. The van der Waals surface area contributed by atoms with Crippen molar-refractivity contribution in [1.29, 1.82) is 0 Å². The number of esters is 4. The molecule has 0 aromatic carbocycles. The Hall–Kier alpha value is -1.94. The topological polar surface area (TPSA) is 237 Å². The van der Waals surface area contributed by atoms with E-state index in [1.807, 2.05) is 0 Å². The van der Waals surface area contributed by atoms with Crippen molar-refractivity contribution in [1.82, 2.24) is 0 Å². The van der Waals surface area contributed by atoms with Crippen molar-refractivity contribution in [2.75, 3.05) is 39.6 Å².